The SMILES string of the molecule is CC1C(CN2C(=O)C(CCO)(Cc3ccncc3)N=C2CC(=O)c2ccc(C#N)cc2)CC2CC1C2(C)C. The maximum absolute atomic E-state index is 14.2. The highest BCUT2D eigenvalue weighted by Crippen LogP contribution is 2.63. The summed E-state index contributed by atoms with van der Waals surface area (Å²) >= 11 is 0. The van der Waals surface area contributed by atoms with Crippen LogP contribution in [0.1, 0.15) is 67.9 Å². The largest absolute Gasteiger partial charge is 0.396 e. The maximum atomic E-state index is 14.2. The van der Waals surface area contributed by atoms with E-state index >= 15 is 0 Å². The van der Waals surface area contributed by atoms with E-state index in [0.717, 1.165) is 12.0 Å². The smallest absolute Gasteiger partial charge is 0.256 e. The van der Waals surface area contributed by atoms with Gasteiger partial charge in [0.25, 0.3) is 5.91 Å². The number of carbonyl (C=O) groups is 2. The predicted molar refractivity (Wildman–Crippen MR) is 144 cm³/mol. The van der Waals surface area contributed by atoms with Crippen molar-refractivity contribution in [3.8, 4) is 6.07 Å². The van der Waals surface area contributed by atoms with Crippen LogP contribution in [0.4, 0.5) is 0 Å². The third kappa shape index (κ3) is 4.56. The van der Waals surface area contributed by atoms with Crippen LogP contribution in [0, 0.1) is 40.4 Å². The summed E-state index contributed by atoms with van der Waals surface area (Å²) in [5, 5.41) is 19.1. The van der Waals surface area contributed by atoms with Gasteiger partial charge < -0.3 is 5.11 Å². The Morgan fingerprint density at radius 1 is 1.16 bits per heavy atom. The summed E-state index contributed by atoms with van der Waals surface area (Å²) in [6, 6.07) is 12.4. The number of aliphatic hydroxyl groups is 1. The summed E-state index contributed by atoms with van der Waals surface area (Å²) in [6.07, 6.45) is 6.25. The minimum atomic E-state index is -1.14. The number of aromatic nitrogens is 1. The molecule has 2 bridgehead atoms. The second-order valence-electron chi connectivity index (χ2n) is 12.0. The number of ketones is 1. The van der Waals surface area contributed by atoms with E-state index in [4.69, 9.17) is 10.3 Å². The molecule has 7 nitrogen and oxygen atoms in total. The first-order valence-corrected chi connectivity index (χ1v) is 13.6. The van der Waals surface area contributed by atoms with E-state index in [1.54, 1.807) is 41.6 Å². The lowest BCUT2D eigenvalue weighted by atomic mass is 9.43. The number of aliphatic hydroxyl groups excluding tert-OH is 1. The van der Waals surface area contributed by atoms with Crippen LogP contribution >= 0.6 is 0 Å². The second-order valence-corrected chi connectivity index (χ2v) is 12.0. The number of hydrogen-bond donors (Lipinski definition) is 1. The van der Waals surface area contributed by atoms with Gasteiger partial charge in [-0.15, -0.1) is 0 Å². The molecule has 198 valence electrons. The molecule has 5 atom stereocenters. The van der Waals surface area contributed by atoms with Crippen molar-refractivity contribution < 1.29 is 14.7 Å². The molecule has 1 aromatic carbocycles. The Bertz CT molecular complexity index is 1280. The first kappa shape index (κ1) is 26.2. The number of nitrogens with zero attached hydrogens (tertiary/aromatic N) is 4. The highest BCUT2D eigenvalue weighted by molar-refractivity contribution is 6.17. The summed E-state index contributed by atoms with van der Waals surface area (Å²) in [5.41, 5.74) is 1.09. The Balaban J connectivity index is 1.45. The van der Waals surface area contributed by atoms with Gasteiger partial charge in [0.15, 0.2) is 5.78 Å². The molecular weight excluding hydrogens is 476 g/mol. The van der Waals surface area contributed by atoms with E-state index in [1.165, 1.54) is 6.42 Å². The fourth-order valence-corrected chi connectivity index (χ4v) is 7.15. The van der Waals surface area contributed by atoms with Crippen molar-refractivity contribution in [1.82, 2.24) is 9.88 Å². The van der Waals surface area contributed by atoms with Gasteiger partial charge in [-0.2, -0.15) is 5.26 Å². The fourth-order valence-electron chi connectivity index (χ4n) is 7.15. The number of Topliss-reactive ketones (excluding diaryl/α,β-unsaturated/α-hetero) is 1. The molecule has 1 N–H and O–H groups in total. The Kier molecular flexibility index (Phi) is 6.96. The van der Waals surface area contributed by atoms with E-state index in [2.05, 4.69) is 31.8 Å². The molecule has 3 saturated carbocycles. The van der Waals surface area contributed by atoms with Crippen LogP contribution in [0.25, 0.3) is 0 Å². The van der Waals surface area contributed by atoms with Crippen LogP contribution in [0.2, 0.25) is 0 Å². The monoisotopic (exact) mass is 512 g/mol. The number of carbonyl (C=O) groups excluding carboxylic acids is 2. The number of fused-ring (bicyclic) bond motifs is 2. The number of amides is 1. The third-order valence-electron chi connectivity index (χ3n) is 9.65. The molecule has 2 aromatic rings. The molecule has 1 amide bonds. The molecule has 6 rings (SSSR count). The van der Waals surface area contributed by atoms with Crippen LogP contribution in [0.3, 0.4) is 0 Å². The number of rotatable bonds is 9. The van der Waals surface area contributed by atoms with Gasteiger partial charge >= 0.3 is 0 Å². The molecule has 0 saturated heterocycles. The molecular formula is C31H36N4O3. The van der Waals surface area contributed by atoms with Gasteiger partial charge in [-0.25, -0.2) is 0 Å². The van der Waals surface area contributed by atoms with E-state index < -0.39 is 5.54 Å². The molecule has 38 heavy (non-hydrogen) atoms. The van der Waals surface area contributed by atoms with Gasteiger partial charge in [0, 0.05) is 44.0 Å². The number of benzene rings is 1. The zero-order valence-electron chi connectivity index (χ0n) is 22.4. The summed E-state index contributed by atoms with van der Waals surface area (Å²) in [7, 11) is 0. The number of pyridine rings is 1. The molecule has 0 spiro atoms. The first-order chi connectivity index (χ1) is 18.2. The van der Waals surface area contributed by atoms with E-state index in [1.807, 2.05) is 12.1 Å². The highest BCUT2D eigenvalue weighted by atomic mass is 16.3. The Morgan fingerprint density at radius 3 is 2.47 bits per heavy atom. The minimum absolute atomic E-state index is 0.000610. The highest BCUT2D eigenvalue weighted by Gasteiger charge is 2.57. The number of aliphatic imine (C=N–C) groups is 1. The van der Waals surface area contributed by atoms with Crippen molar-refractivity contribution in [2.24, 2.45) is 34.1 Å². The average molecular weight is 513 g/mol. The lowest BCUT2D eigenvalue weighted by Crippen LogP contribution is -2.57. The van der Waals surface area contributed by atoms with Crippen molar-refractivity contribution in [2.45, 2.75) is 58.4 Å². The van der Waals surface area contributed by atoms with Gasteiger partial charge in [0.1, 0.15) is 11.4 Å². The van der Waals surface area contributed by atoms with Crippen LogP contribution in [0.15, 0.2) is 53.8 Å². The standard InChI is InChI=1S/C31H36N4O3/c1-20-24(14-25-15-26(20)30(25,2)3)19-35-28(16-27(37)23-6-4-22(18-32)5-7-23)34-31(10-13-36,29(35)38)17-21-8-11-33-12-9-21/h4-9,11-12,20,24-26,36H,10,13-17,19H2,1-3H3. The lowest BCUT2D eigenvalue weighted by molar-refractivity contribution is -0.141. The van der Waals surface area contributed by atoms with E-state index in [0.29, 0.717) is 59.0 Å². The zero-order valence-corrected chi connectivity index (χ0v) is 22.4. The van der Waals surface area contributed by atoms with Crippen molar-refractivity contribution in [3.63, 3.8) is 0 Å². The fraction of sp³-hybridized carbons (Fsp3) is 0.516. The van der Waals surface area contributed by atoms with Gasteiger partial charge in [0.2, 0.25) is 0 Å². The van der Waals surface area contributed by atoms with Crippen LogP contribution < -0.4 is 0 Å². The average Bonchev–Trinajstić information content (AvgIpc) is 3.15. The third-order valence-corrected chi connectivity index (χ3v) is 9.65. The van der Waals surface area contributed by atoms with Crippen molar-refractivity contribution in [1.29, 1.82) is 5.26 Å². The van der Waals surface area contributed by atoms with Gasteiger partial charge in [-0.1, -0.05) is 32.9 Å². The van der Waals surface area contributed by atoms with Gasteiger partial charge in [0.05, 0.1) is 18.1 Å². The molecule has 4 aliphatic rings. The normalized spacial score (nSPS) is 29.4. The van der Waals surface area contributed by atoms with Crippen molar-refractivity contribution in [3.05, 3.63) is 65.5 Å². The van der Waals surface area contributed by atoms with E-state index in [9.17, 15) is 14.7 Å². The van der Waals surface area contributed by atoms with Gasteiger partial charge in [-0.3, -0.25) is 24.5 Å². The lowest BCUT2D eigenvalue weighted by Gasteiger charge is -2.62. The Morgan fingerprint density at radius 2 is 1.87 bits per heavy atom. The number of amidine groups is 1. The quantitative estimate of drug-likeness (QED) is 0.500. The van der Waals surface area contributed by atoms with Crippen LogP contribution in [0.5, 0.6) is 0 Å². The molecule has 3 fully saturated rings. The Hall–Kier alpha value is -3.37. The molecule has 2 heterocycles. The second kappa shape index (κ2) is 10.1. The summed E-state index contributed by atoms with van der Waals surface area (Å²) in [5.74, 6) is 2.34. The molecule has 5 unspecified atom stereocenters. The number of hydrogen-bond acceptors (Lipinski definition) is 6. The van der Waals surface area contributed by atoms with Crippen LogP contribution in [-0.4, -0.2) is 51.2 Å². The molecule has 0 radical (unpaired) electrons. The van der Waals surface area contributed by atoms with Crippen molar-refractivity contribution >= 4 is 17.5 Å². The van der Waals surface area contributed by atoms with Gasteiger partial charge in [-0.05, 0) is 71.8 Å². The first-order valence-electron chi connectivity index (χ1n) is 13.6. The molecule has 1 aromatic heterocycles. The molecule has 1 aliphatic heterocycles. The van der Waals surface area contributed by atoms with Crippen molar-refractivity contribution in [2.75, 3.05) is 13.2 Å². The summed E-state index contributed by atoms with van der Waals surface area (Å²) in [4.78, 5) is 38.3. The molecule has 3 aliphatic carbocycles. The zero-order chi connectivity index (χ0) is 27.1. The molecule has 7 heteroatoms. The summed E-state index contributed by atoms with van der Waals surface area (Å²) < 4.78 is 0. The maximum Gasteiger partial charge on any atom is 0.256 e. The Labute approximate surface area is 224 Å². The topological polar surface area (TPSA) is 107 Å². The minimum Gasteiger partial charge on any atom is -0.396 e. The van der Waals surface area contributed by atoms with Crippen LogP contribution in [-0.2, 0) is 11.2 Å². The number of nitriles is 1. The van der Waals surface area contributed by atoms with E-state index in [-0.39, 0.29) is 31.1 Å². The summed E-state index contributed by atoms with van der Waals surface area (Å²) in [6.45, 7) is 7.41. The predicted octanol–water partition coefficient (Wildman–Crippen LogP) is 4.45.